The lowest BCUT2D eigenvalue weighted by atomic mass is 9.88. The minimum atomic E-state index is -0.0682. The highest BCUT2D eigenvalue weighted by Crippen LogP contribution is 2.49. The molecule has 2 aliphatic carbocycles. The van der Waals surface area contributed by atoms with Crippen LogP contribution in [0, 0.1) is 17.8 Å². The van der Waals surface area contributed by atoms with Crippen molar-refractivity contribution in [2.75, 3.05) is 13.2 Å². The molecule has 2 saturated heterocycles. The number of fused-ring (bicyclic) bond motifs is 1. The molecule has 0 amide bonds. The van der Waals surface area contributed by atoms with E-state index in [2.05, 4.69) is 25.2 Å². The Morgan fingerprint density at radius 2 is 1.88 bits per heavy atom. The number of carbonyl (C=O) groups excluding carboxylic acids is 1. The average molecular weight is 461 g/mol. The van der Waals surface area contributed by atoms with Gasteiger partial charge in [-0.1, -0.05) is 50.0 Å². The second-order valence-electron chi connectivity index (χ2n) is 10.4. The summed E-state index contributed by atoms with van der Waals surface area (Å²) in [6.07, 6.45) is 22.1. The number of carbonyl (C=O) groups is 1. The van der Waals surface area contributed by atoms with Gasteiger partial charge in [0.1, 0.15) is 6.29 Å². The first-order valence-corrected chi connectivity index (χ1v) is 13.6. The Labute approximate surface area is 200 Å². The Kier molecular flexibility index (Phi) is 10.0. The molecule has 2 aliphatic heterocycles. The number of hydrogen-bond donors (Lipinski definition) is 0. The molecule has 33 heavy (non-hydrogen) atoms. The minimum Gasteiger partial charge on any atom is -0.353 e. The smallest absolute Gasteiger partial charge is 0.158 e. The van der Waals surface area contributed by atoms with Crippen LogP contribution in [0.3, 0.4) is 0 Å². The molecule has 0 radical (unpaired) electrons. The zero-order valence-corrected chi connectivity index (χ0v) is 20.5. The maximum Gasteiger partial charge on any atom is 0.158 e. The van der Waals surface area contributed by atoms with Crippen molar-refractivity contribution < 1.29 is 23.7 Å². The first-order valence-electron chi connectivity index (χ1n) is 13.6. The number of unbranched alkanes of at least 4 members (excludes halogenated alkanes) is 2. The lowest BCUT2D eigenvalue weighted by molar-refractivity contribution is -0.193. The number of ether oxygens (including phenoxy) is 4. The van der Waals surface area contributed by atoms with Crippen molar-refractivity contribution in [3.8, 4) is 0 Å². The topological polar surface area (TPSA) is 54.0 Å². The summed E-state index contributed by atoms with van der Waals surface area (Å²) >= 11 is 0. The highest BCUT2D eigenvalue weighted by atomic mass is 16.7. The van der Waals surface area contributed by atoms with E-state index >= 15 is 0 Å². The predicted octanol–water partition coefficient (Wildman–Crippen LogP) is 6.12. The first-order chi connectivity index (χ1) is 16.3. The zero-order chi connectivity index (χ0) is 22.9. The third-order valence-electron chi connectivity index (χ3n) is 7.84. The van der Waals surface area contributed by atoms with Gasteiger partial charge in [-0.05, 0) is 69.6 Å². The molecule has 0 spiro atoms. The fourth-order valence-electron chi connectivity index (χ4n) is 6.07. The van der Waals surface area contributed by atoms with E-state index in [1.165, 1.54) is 37.7 Å². The van der Waals surface area contributed by atoms with Crippen molar-refractivity contribution in [2.45, 2.75) is 115 Å². The predicted molar refractivity (Wildman–Crippen MR) is 129 cm³/mol. The highest BCUT2D eigenvalue weighted by Gasteiger charge is 2.45. The van der Waals surface area contributed by atoms with Crippen molar-refractivity contribution in [3.05, 3.63) is 23.8 Å². The van der Waals surface area contributed by atoms with E-state index in [1.807, 2.05) is 0 Å². The maximum atomic E-state index is 11.1. The van der Waals surface area contributed by atoms with Crippen LogP contribution in [-0.2, 0) is 23.7 Å². The van der Waals surface area contributed by atoms with E-state index in [-0.39, 0.29) is 24.8 Å². The molecule has 2 heterocycles. The summed E-state index contributed by atoms with van der Waals surface area (Å²) in [4.78, 5) is 11.1. The van der Waals surface area contributed by atoms with Crippen molar-refractivity contribution in [2.24, 2.45) is 17.8 Å². The summed E-state index contributed by atoms with van der Waals surface area (Å²) in [5, 5.41) is 0. The molecule has 186 valence electrons. The molecule has 1 saturated carbocycles. The second-order valence-corrected chi connectivity index (χ2v) is 10.4. The molecule has 3 fully saturated rings. The summed E-state index contributed by atoms with van der Waals surface area (Å²) in [5.41, 5.74) is 1.30. The number of hydrogen-bond acceptors (Lipinski definition) is 5. The third-order valence-corrected chi connectivity index (χ3v) is 7.84. The summed E-state index contributed by atoms with van der Waals surface area (Å²) in [7, 11) is 0. The summed E-state index contributed by atoms with van der Waals surface area (Å²) in [6, 6.07) is 0. The standard InChI is InChI=1S/C28H44O5/c1-2-3-4-9-23(32-27-10-5-7-16-30-27)12-13-24-25-19-21(14-15-29)18-22(25)20-26(24)33-28-11-6-8-17-31-28/h12-13,15,18,22-28H,2-11,14,16-17,19-20H2,1H3/t22-,23?,24+,25+,26+,27?,28?/m1/s1. The molecule has 0 aromatic heterocycles. The van der Waals surface area contributed by atoms with Crippen LogP contribution < -0.4 is 0 Å². The van der Waals surface area contributed by atoms with Crippen LogP contribution in [0.1, 0.15) is 90.4 Å². The zero-order valence-electron chi connectivity index (χ0n) is 20.5. The van der Waals surface area contributed by atoms with Crippen LogP contribution in [0.25, 0.3) is 0 Å². The average Bonchev–Trinajstić information content (AvgIpc) is 3.36. The normalized spacial score (nSPS) is 35.5. The second kappa shape index (κ2) is 13.2. The van der Waals surface area contributed by atoms with Crippen LogP contribution in [0.4, 0.5) is 0 Å². The van der Waals surface area contributed by atoms with Gasteiger partial charge in [-0.25, -0.2) is 0 Å². The van der Waals surface area contributed by atoms with Crippen LogP contribution in [0.5, 0.6) is 0 Å². The van der Waals surface area contributed by atoms with Crippen molar-refractivity contribution in [1.82, 2.24) is 0 Å². The number of allylic oxidation sites excluding steroid dienone is 2. The highest BCUT2D eigenvalue weighted by molar-refractivity contribution is 5.55. The van der Waals surface area contributed by atoms with Gasteiger partial charge >= 0.3 is 0 Å². The van der Waals surface area contributed by atoms with Gasteiger partial charge in [0.15, 0.2) is 12.6 Å². The lowest BCUT2D eigenvalue weighted by Crippen LogP contribution is -2.31. The molecular formula is C28H44O5. The summed E-state index contributed by atoms with van der Waals surface area (Å²) < 4.78 is 24.8. The fourth-order valence-corrected chi connectivity index (χ4v) is 6.07. The summed E-state index contributed by atoms with van der Waals surface area (Å²) in [6.45, 7) is 3.86. The van der Waals surface area contributed by atoms with Gasteiger partial charge in [-0.3, -0.25) is 0 Å². The Hall–Kier alpha value is -1.01. The van der Waals surface area contributed by atoms with Gasteiger partial charge in [0.2, 0.25) is 0 Å². The fraction of sp³-hybridized carbons (Fsp3) is 0.821. The van der Waals surface area contributed by atoms with E-state index in [1.54, 1.807) is 0 Å². The van der Waals surface area contributed by atoms with Crippen molar-refractivity contribution >= 4 is 6.29 Å². The molecule has 5 nitrogen and oxygen atoms in total. The Morgan fingerprint density at radius 3 is 2.58 bits per heavy atom. The van der Waals surface area contributed by atoms with E-state index in [0.717, 1.165) is 64.4 Å². The lowest BCUT2D eigenvalue weighted by Gasteiger charge is -2.30. The van der Waals surface area contributed by atoms with Gasteiger partial charge in [0.05, 0.1) is 12.2 Å². The maximum absolute atomic E-state index is 11.1. The van der Waals surface area contributed by atoms with Crippen molar-refractivity contribution in [1.29, 1.82) is 0 Å². The Balaban J connectivity index is 1.43. The number of aldehydes is 1. The van der Waals surface area contributed by atoms with E-state index < -0.39 is 0 Å². The SMILES string of the molecule is CCCCCC(C=C[C@H]1[C@H]2CC(CC=O)=C[C@@H]2C[C@@H]1OC1CCCCO1)OC1CCCCO1. The van der Waals surface area contributed by atoms with Crippen LogP contribution in [0.15, 0.2) is 23.8 Å². The molecule has 0 N–H and O–H groups in total. The van der Waals surface area contributed by atoms with Crippen LogP contribution in [0.2, 0.25) is 0 Å². The minimum absolute atomic E-state index is 0.0656. The van der Waals surface area contributed by atoms with Gasteiger partial charge in [-0.15, -0.1) is 0 Å². The number of rotatable bonds is 12. The Morgan fingerprint density at radius 1 is 1.09 bits per heavy atom. The molecule has 4 rings (SSSR count). The van der Waals surface area contributed by atoms with E-state index in [4.69, 9.17) is 18.9 Å². The van der Waals surface area contributed by atoms with E-state index in [0.29, 0.717) is 24.2 Å². The third kappa shape index (κ3) is 7.24. The van der Waals surface area contributed by atoms with Gasteiger partial charge in [0.25, 0.3) is 0 Å². The molecule has 0 aromatic rings. The molecule has 5 heteroatoms. The van der Waals surface area contributed by atoms with Gasteiger partial charge in [-0.2, -0.15) is 0 Å². The molecule has 0 aromatic carbocycles. The molecule has 4 aliphatic rings. The first kappa shape index (κ1) is 25.1. The Bertz CT molecular complexity index is 647. The van der Waals surface area contributed by atoms with Crippen LogP contribution >= 0.6 is 0 Å². The molecular weight excluding hydrogens is 416 g/mol. The monoisotopic (exact) mass is 460 g/mol. The summed E-state index contributed by atoms with van der Waals surface area (Å²) in [5.74, 6) is 1.36. The van der Waals surface area contributed by atoms with Crippen molar-refractivity contribution in [3.63, 3.8) is 0 Å². The van der Waals surface area contributed by atoms with Gasteiger partial charge in [0, 0.05) is 25.6 Å². The largest absolute Gasteiger partial charge is 0.353 e. The van der Waals surface area contributed by atoms with Gasteiger partial charge < -0.3 is 23.7 Å². The van der Waals surface area contributed by atoms with Crippen LogP contribution in [-0.4, -0.2) is 44.3 Å². The molecule has 3 unspecified atom stereocenters. The molecule has 7 atom stereocenters. The quantitative estimate of drug-likeness (QED) is 0.200. The van der Waals surface area contributed by atoms with E-state index in [9.17, 15) is 4.79 Å². The molecule has 0 bridgehead atoms.